The molecule has 4 heteroatoms. The number of Topliss-reactive ketones (excluding diaryl/α,β-unsaturated/α-hetero) is 1. The van der Waals surface area contributed by atoms with Crippen LogP contribution in [0.4, 0.5) is 0 Å². The highest BCUT2D eigenvalue weighted by molar-refractivity contribution is 5.83. The third-order valence-electron chi connectivity index (χ3n) is 5.49. The lowest BCUT2D eigenvalue weighted by atomic mass is 9.80. The molecule has 0 aromatic rings. The molecule has 0 radical (unpaired) electrons. The number of ketones is 1. The first-order chi connectivity index (χ1) is 12.3. The van der Waals surface area contributed by atoms with Crippen LogP contribution in [0, 0.1) is 17.3 Å². The van der Waals surface area contributed by atoms with Crippen molar-refractivity contribution < 1.29 is 19.8 Å². The van der Waals surface area contributed by atoms with Crippen molar-refractivity contribution in [1.82, 2.24) is 0 Å². The Balaban J connectivity index is 2.52. The molecule has 0 saturated heterocycles. The van der Waals surface area contributed by atoms with E-state index in [1.165, 1.54) is 0 Å². The van der Waals surface area contributed by atoms with Gasteiger partial charge >= 0.3 is 5.97 Å². The molecular weight excluding hydrogens is 328 g/mol. The number of aliphatic hydroxyl groups is 1. The molecule has 2 N–H and O–H groups in total. The van der Waals surface area contributed by atoms with Gasteiger partial charge in [0.1, 0.15) is 5.78 Å². The van der Waals surface area contributed by atoms with E-state index in [1.807, 2.05) is 24.3 Å². The van der Waals surface area contributed by atoms with Crippen molar-refractivity contribution in [2.24, 2.45) is 17.3 Å². The minimum Gasteiger partial charge on any atom is -0.481 e. The molecule has 4 nitrogen and oxygen atoms in total. The van der Waals surface area contributed by atoms with Crippen molar-refractivity contribution in [3.05, 3.63) is 24.3 Å². The lowest BCUT2D eigenvalue weighted by molar-refractivity contribution is -0.137. The summed E-state index contributed by atoms with van der Waals surface area (Å²) < 4.78 is 0. The summed E-state index contributed by atoms with van der Waals surface area (Å²) in [5, 5.41) is 19.1. The average molecular weight is 365 g/mol. The van der Waals surface area contributed by atoms with E-state index in [-0.39, 0.29) is 23.7 Å². The fourth-order valence-electron chi connectivity index (χ4n) is 3.49. The molecule has 1 saturated carbocycles. The molecule has 1 aliphatic carbocycles. The number of carboxylic acids is 1. The van der Waals surface area contributed by atoms with Gasteiger partial charge in [0.15, 0.2) is 0 Å². The van der Waals surface area contributed by atoms with Crippen molar-refractivity contribution in [1.29, 1.82) is 0 Å². The number of rotatable bonds is 12. The molecule has 0 aromatic heterocycles. The molecule has 1 rings (SSSR count). The molecule has 1 fully saturated rings. The zero-order chi connectivity index (χ0) is 19.6. The maximum atomic E-state index is 12.2. The molecule has 1 aliphatic rings. The summed E-state index contributed by atoms with van der Waals surface area (Å²) in [5.41, 5.74) is -0.144. The minimum absolute atomic E-state index is 0.00655. The zero-order valence-electron chi connectivity index (χ0n) is 16.6. The Bertz CT molecular complexity index is 504. The van der Waals surface area contributed by atoms with Crippen molar-refractivity contribution >= 4 is 11.8 Å². The normalized spacial score (nSPS) is 22.5. The molecule has 3 atom stereocenters. The zero-order valence-corrected chi connectivity index (χ0v) is 16.6. The van der Waals surface area contributed by atoms with E-state index in [4.69, 9.17) is 5.11 Å². The minimum atomic E-state index is -0.769. The van der Waals surface area contributed by atoms with Crippen molar-refractivity contribution in [2.45, 2.75) is 84.7 Å². The molecule has 0 bridgehead atoms. The molecule has 0 unspecified atom stereocenters. The molecule has 0 heterocycles. The fraction of sp³-hybridized carbons (Fsp3) is 0.727. The molecule has 0 amide bonds. The number of unbranched alkanes of at least 4 members (excludes halogenated alkanes) is 2. The van der Waals surface area contributed by atoms with Gasteiger partial charge < -0.3 is 10.2 Å². The van der Waals surface area contributed by atoms with Gasteiger partial charge in [-0.25, -0.2) is 0 Å². The van der Waals surface area contributed by atoms with Crippen LogP contribution in [-0.4, -0.2) is 28.1 Å². The van der Waals surface area contributed by atoms with Gasteiger partial charge in [0, 0.05) is 18.8 Å². The molecule has 0 spiro atoms. The first kappa shape index (κ1) is 22.6. The van der Waals surface area contributed by atoms with E-state index in [0.717, 1.165) is 32.1 Å². The van der Waals surface area contributed by atoms with E-state index >= 15 is 0 Å². The summed E-state index contributed by atoms with van der Waals surface area (Å²) in [5.74, 6) is -0.278. The van der Waals surface area contributed by atoms with Crippen LogP contribution in [0.3, 0.4) is 0 Å². The lowest BCUT2D eigenvalue weighted by Gasteiger charge is -2.29. The van der Waals surface area contributed by atoms with E-state index in [9.17, 15) is 14.7 Å². The quantitative estimate of drug-likeness (QED) is 0.381. The predicted octanol–water partition coefficient (Wildman–Crippen LogP) is 4.92. The number of hydrogen-bond acceptors (Lipinski definition) is 3. The smallest absolute Gasteiger partial charge is 0.303 e. The Morgan fingerprint density at radius 1 is 1.31 bits per heavy atom. The second-order valence-electron chi connectivity index (χ2n) is 8.19. The van der Waals surface area contributed by atoms with Crippen LogP contribution in [0.1, 0.15) is 78.6 Å². The van der Waals surface area contributed by atoms with Gasteiger partial charge in [0.25, 0.3) is 0 Å². The van der Waals surface area contributed by atoms with Gasteiger partial charge in [-0.3, -0.25) is 9.59 Å². The van der Waals surface area contributed by atoms with Gasteiger partial charge in [0.2, 0.25) is 0 Å². The van der Waals surface area contributed by atoms with E-state index < -0.39 is 12.1 Å². The van der Waals surface area contributed by atoms with Crippen LogP contribution < -0.4 is 0 Å². The number of carbonyl (C=O) groups is 2. The third-order valence-corrected chi connectivity index (χ3v) is 5.49. The lowest BCUT2D eigenvalue weighted by Crippen LogP contribution is -2.27. The van der Waals surface area contributed by atoms with E-state index in [2.05, 4.69) is 20.8 Å². The Kier molecular flexibility index (Phi) is 9.85. The standard InChI is InChI=1S/C22H36O4/c1-4-5-16-22(2,3)20(24)15-13-17-12-14-19(23)18(17)10-8-6-7-9-11-21(25)26/h6,8,13,15,17-18,20,24H,4-5,7,9-12,14,16H2,1-3H3,(H,25,26)/b8-6-,15-13+/t17-,18-,20-/m1/s1. The summed E-state index contributed by atoms with van der Waals surface area (Å²) in [6, 6.07) is 0. The summed E-state index contributed by atoms with van der Waals surface area (Å²) >= 11 is 0. The number of hydrogen-bond donors (Lipinski definition) is 2. The molecule has 0 aromatic carbocycles. The SMILES string of the molecule is CCCCC(C)(C)[C@H](O)/C=C/[C@H]1CCC(=O)[C@@H]1C/C=C\CCCC(=O)O. The summed E-state index contributed by atoms with van der Waals surface area (Å²) in [4.78, 5) is 22.7. The Hall–Kier alpha value is -1.42. The Morgan fingerprint density at radius 2 is 2.04 bits per heavy atom. The largest absolute Gasteiger partial charge is 0.481 e. The average Bonchev–Trinajstić information content (AvgIpc) is 2.93. The van der Waals surface area contributed by atoms with Gasteiger partial charge in [0.05, 0.1) is 6.10 Å². The van der Waals surface area contributed by atoms with Crippen LogP contribution >= 0.6 is 0 Å². The molecule has 26 heavy (non-hydrogen) atoms. The number of aliphatic hydroxyl groups excluding tert-OH is 1. The van der Waals surface area contributed by atoms with E-state index in [1.54, 1.807) is 0 Å². The number of carboxylic acid groups (broad SMARTS) is 1. The van der Waals surface area contributed by atoms with Gasteiger partial charge in [-0.15, -0.1) is 0 Å². The third kappa shape index (κ3) is 7.86. The highest BCUT2D eigenvalue weighted by Crippen LogP contribution is 2.34. The molecular formula is C22H36O4. The van der Waals surface area contributed by atoms with Gasteiger partial charge in [-0.05, 0) is 43.4 Å². The number of allylic oxidation sites excluding steroid dienone is 3. The topological polar surface area (TPSA) is 74.6 Å². The van der Waals surface area contributed by atoms with Crippen molar-refractivity contribution in [3.8, 4) is 0 Å². The predicted molar refractivity (Wildman–Crippen MR) is 105 cm³/mol. The first-order valence-electron chi connectivity index (χ1n) is 10.0. The highest BCUT2D eigenvalue weighted by atomic mass is 16.4. The highest BCUT2D eigenvalue weighted by Gasteiger charge is 2.32. The van der Waals surface area contributed by atoms with Crippen LogP contribution in [0.5, 0.6) is 0 Å². The number of aliphatic carboxylic acids is 1. The first-order valence-corrected chi connectivity index (χ1v) is 10.0. The fourth-order valence-corrected chi connectivity index (χ4v) is 3.49. The molecule has 0 aliphatic heterocycles. The Morgan fingerprint density at radius 3 is 2.69 bits per heavy atom. The summed E-state index contributed by atoms with van der Waals surface area (Å²) in [6.45, 7) is 6.34. The van der Waals surface area contributed by atoms with Crippen molar-refractivity contribution in [2.75, 3.05) is 0 Å². The van der Waals surface area contributed by atoms with Crippen LogP contribution in [0.15, 0.2) is 24.3 Å². The molecule has 148 valence electrons. The maximum absolute atomic E-state index is 12.2. The van der Waals surface area contributed by atoms with Crippen molar-refractivity contribution in [3.63, 3.8) is 0 Å². The number of carbonyl (C=O) groups excluding carboxylic acids is 1. The monoisotopic (exact) mass is 364 g/mol. The van der Waals surface area contributed by atoms with Gasteiger partial charge in [-0.1, -0.05) is 57.9 Å². The second kappa shape index (κ2) is 11.3. The van der Waals surface area contributed by atoms with Crippen LogP contribution in [0.2, 0.25) is 0 Å². The van der Waals surface area contributed by atoms with Crippen LogP contribution in [-0.2, 0) is 9.59 Å². The summed E-state index contributed by atoms with van der Waals surface area (Å²) in [7, 11) is 0. The van der Waals surface area contributed by atoms with E-state index in [0.29, 0.717) is 25.0 Å². The maximum Gasteiger partial charge on any atom is 0.303 e. The van der Waals surface area contributed by atoms with Crippen LogP contribution in [0.25, 0.3) is 0 Å². The Labute approximate surface area is 158 Å². The second-order valence-corrected chi connectivity index (χ2v) is 8.19. The summed E-state index contributed by atoms with van der Waals surface area (Å²) in [6.07, 6.45) is 14.4. The van der Waals surface area contributed by atoms with Gasteiger partial charge in [-0.2, -0.15) is 0 Å².